The highest BCUT2D eigenvalue weighted by atomic mass is 35.5. The average molecular weight is 366 g/mol. The summed E-state index contributed by atoms with van der Waals surface area (Å²) in [7, 11) is 0. The van der Waals surface area contributed by atoms with Crippen LogP contribution in [-0.2, 0) is 11.3 Å². The molecule has 0 radical (unpaired) electrons. The lowest BCUT2D eigenvalue weighted by Gasteiger charge is -2.14. The van der Waals surface area contributed by atoms with Crippen molar-refractivity contribution in [1.82, 2.24) is 10.3 Å². The van der Waals surface area contributed by atoms with Gasteiger partial charge in [0.2, 0.25) is 11.8 Å². The summed E-state index contributed by atoms with van der Waals surface area (Å²) in [4.78, 5) is 15.9. The lowest BCUT2D eigenvalue weighted by atomic mass is 10.2. The van der Waals surface area contributed by atoms with Gasteiger partial charge in [-0.2, -0.15) is 0 Å². The molecule has 1 aromatic carbocycles. The molecule has 0 aliphatic heterocycles. The van der Waals surface area contributed by atoms with Crippen LogP contribution in [0.3, 0.4) is 0 Å². The maximum atomic E-state index is 11.6. The van der Waals surface area contributed by atoms with E-state index in [0.29, 0.717) is 43.5 Å². The molecular weight excluding hydrogens is 342 g/mol. The molecule has 6 nitrogen and oxygen atoms in total. The molecule has 1 heterocycles. The topological polar surface area (TPSA) is 86.5 Å². The molecule has 0 fully saturated rings. The first kappa shape index (κ1) is 20.7. The number of rotatable bonds is 9. The molecule has 25 heavy (non-hydrogen) atoms. The maximum Gasteiger partial charge on any atom is 0.224 e. The van der Waals surface area contributed by atoms with Crippen LogP contribution < -0.4 is 20.5 Å². The third kappa shape index (κ3) is 6.60. The van der Waals surface area contributed by atoms with Gasteiger partial charge in [-0.25, -0.2) is 4.98 Å². The Morgan fingerprint density at radius 2 is 1.96 bits per heavy atom. The smallest absolute Gasteiger partial charge is 0.224 e. The Morgan fingerprint density at radius 3 is 2.68 bits per heavy atom. The van der Waals surface area contributed by atoms with Crippen molar-refractivity contribution in [3.05, 3.63) is 48.2 Å². The number of amides is 1. The van der Waals surface area contributed by atoms with E-state index in [0.717, 1.165) is 12.0 Å². The van der Waals surface area contributed by atoms with Crippen LogP contribution in [0.4, 0.5) is 0 Å². The van der Waals surface area contributed by atoms with E-state index in [1.807, 2.05) is 37.3 Å². The average Bonchev–Trinajstić information content (AvgIpc) is 2.60. The number of para-hydroxylation sites is 2. The molecule has 0 spiro atoms. The van der Waals surface area contributed by atoms with E-state index in [1.165, 1.54) is 0 Å². The fourth-order valence-electron chi connectivity index (χ4n) is 2.03. The van der Waals surface area contributed by atoms with E-state index in [2.05, 4.69) is 10.3 Å². The summed E-state index contributed by atoms with van der Waals surface area (Å²) in [5.41, 5.74) is 6.16. The Balaban J connectivity index is 0.00000312. The molecule has 0 unspecified atom stereocenters. The van der Waals surface area contributed by atoms with Crippen molar-refractivity contribution in [2.45, 2.75) is 26.3 Å². The van der Waals surface area contributed by atoms with E-state index < -0.39 is 0 Å². The summed E-state index contributed by atoms with van der Waals surface area (Å²) in [6.45, 7) is 3.32. The highest BCUT2D eigenvalue weighted by Gasteiger charge is 2.11. The van der Waals surface area contributed by atoms with Gasteiger partial charge in [-0.05, 0) is 24.6 Å². The number of nitrogens with one attached hydrogen (secondary N) is 1. The number of halogens is 1. The summed E-state index contributed by atoms with van der Waals surface area (Å²) in [6, 6.07) is 11.1. The van der Waals surface area contributed by atoms with Gasteiger partial charge in [-0.1, -0.05) is 25.1 Å². The number of nitrogens with zero attached hydrogens (tertiary/aromatic N) is 1. The Labute approximate surface area is 154 Å². The fraction of sp³-hybridized carbons (Fsp3) is 0.333. The number of benzene rings is 1. The van der Waals surface area contributed by atoms with Gasteiger partial charge in [0, 0.05) is 31.3 Å². The maximum absolute atomic E-state index is 11.6. The molecule has 1 amide bonds. The minimum Gasteiger partial charge on any atom is -0.490 e. The molecule has 1 aromatic heterocycles. The summed E-state index contributed by atoms with van der Waals surface area (Å²) in [6.07, 6.45) is 2.86. The van der Waals surface area contributed by atoms with Crippen molar-refractivity contribution in [1.29, 1.82) is 0 Å². The van der Waals surface area contributed by atoms with Gasteiger partial charge in [0.25, 0.3) is 0 Å². The number of ether oxygens (including phenoxy) is 2. The molecule has 0 bridgehead atoms. The van der Waals surface area contributed by atoms with Crippen molar-refractivity contribution in [3.63, 3.8) is 0 Å². The third-order valence-corrected chi connectivity index (χ3v) is 3.21. The largest absolute Gasteiger partial charge is 0.490 e. The van der Waals surface area contributed by atoms with Crippen LogP contribution >= 0.6 is 12.4 Å². The lowest BCUT2D eigenvalue weighted by molar-refractivity contribution is -0.121. The zero-order chi connectivity index (χ0) is 17.2. The molecule has 2 aromatic rings. The first-order valence-electron chi connectivity index (χ1n) is 8.05. The van der Waals surface area contributed by atoms with Crippen LogP contribution in [0.5, 0.6) is 17.4 Å². The predicted molar refractivity (Wildman–Crippen MR) is 99.3 cm³/mol. The number of carbonyl (C=O) groups excluding carboxylic acids is 1. The second kappa shape index (κ2) is 11.3. The van der Waals surface area contributed by atoms with Crippen molar-refractivity contribution in [3.8, 4) is 17.4 Å². The SMILES string of the molecule is CCCOc1ccccc1Oc1ncccc1CNC(=O)CCN.Cl. The lowest BCUT2D eigenvalue weighted by Crippen LogP contribution is -2.25. The van der Waals surface area contributed by atoms with Gasteiger partial charge < -0.3 is 20.5 Å². The molecule has 0 aliphatic rings. The Kier molecular flexibility index (Phi) is 9.36. The first-order chi connectivity index (χ1) is 11.7. The number of hydrogen-bond acceptors (Lipinski definition) is 5. The Hall–Kier alpha value is -2.31. The number of carbonyl (C=O) groups is 1. The monoisotopic (exact) mass is 365 g/mol. The van der Waals surface area contributed by atoms with Crippen LogP contribution in [0.1, 0.15) is 25.3 Å². The van der Waals surface area contributed by atoms with E-state index in [-0.39, 0.29) is 18.3 Å². The predicted octanol–water partition coefficient (Wildman–Crippen LogP) is 3.05. The normalized spacial score (nSPS) is 9.84. The first-order valence-corrected chi connectivity index (χ1v) is 8.05. The van der Waals surface area contributed by atoms with Crippen LogP contribution in [0.25, 0.3) is 0 Å². The van der Waals surface area contributed by atoms with Gasteiger partial charge >= 0.3 is 0 Å². The second-order valence-electron chi connectivity index (χ2n) is 5.18. The van der Waals surface area contributed by atoms with Gasteiger partial charge in [0.1, 0.15) is 0 Å². The highest BCUT2D eigenvalue weighted by molar-refractivity contribution is 5.85. The van der Waals surface area contributed by atoms with Crippen LogP contribution in [0, 0.1) is 0 Å². The summed E-state index contributed by atoms with van der Waals surface area (Å²) < 4.78 is 11.6. The number of pyridine rings is 1. The third-order valence-electron chi connectivity index (χ3n) is 3.21. The molecule has 3 N–H and O–H groups in total. The second-order valence-corrected chi connectivity index (χ2v) is 5.18. The minimum atomic E-state index is -0.0982. The fourth-order valence-corrected chi connectivity index (χ4v) is 2.03. The molecular formula is C18H24ClN3O3. The van der Waals surface area contributed by atoms with E-state index in [4.69, 9.17) is 15.2 Å². The zero-order valence-electron chi connectivity index (χ0n) is 14.2. The molecule has 2 rings (SSSR count). The summed E-state index contributed by atoms with van der Waals surface area (Å²) in [5, 5.41) is 2.80. The molecule has 0 saturated carbocycles. The molecule has 7 heteroatoms. The van der Waals surface area contributed by atoms with Crippen molar-refractivity contribution >= 4 is 18.3 Å². The van der Waals surface area contributed by atoms with Crippen LogP contribution in [-0.4, -0.2) is 24.0 Å². The van der Waals surface area contributed by atoms with Gasteiger partial charge in [-0.3, -0.25) is 4.79 Å². The molecule has 0 saturated heterocycles. The number of aromatic nitrogens is 1. The Morgan fingerprint density at radius 1 is 1.20 bits per heavy atom. The summed E-state index contributed by atoms with van der Waals surface area (Å²) in [5.74, 6) is 1.61. The zero-order valence-corrected chi connectivity index (χ0v) is 15.1. The number of nitrogens with two attached hydrogens (primary N) is 1. The van der Waals surface area contributed by atoms with Crippen LogP contribution in [0.15, 0.2) is 42.6 Å². The number of hydrogen-bond donors (Lipinski definition) is 2. The Bertz CT molecular complexity index is 668. The van der Waals surface area contributed by atoms with Gasteiger partial charge in [0.05, 0.1) is 6.61 Å². The van der Waals surface area contributed by atoms with Crippen LogP contribution in [0.2, 0.25) is 0 Å². The molecule has 136 valence electrons. The molecule has 0 aliphatic carbocycles. The quantitative estimate of drug-likeness (QED) is 0.713. The molecule has 0 atom stereocenters. The van der Waals surface area contributed by atoms with Gasteiger partial charge in [0.15, 0.2) is 11.5 Å². The standard InChI is InChI=1S/C18H23N3O3.ClH/c1-2-12-23-15-7-3-4-8-16(15)24-18-14(6-5-11-20-18)13-21-17(22)9-10-19;/h3-8,11H,2,9-10,12-13,19H2,1H3,(H,21,22);1H. The van der Waals surface area contributed by atoms with Gasteiger partial charge in [-0.15, -0.1) is 12.4 Å². The summed E-state index contributed by atoms with van der Waals surface area (Å²) >= 11 is 0. The van der Waals surface area contributed by atoms with E-state index in [9.17, 15) is 4.79 Å². The van der Waals surface area contributed by atoms with Crippen molar-refractivity contribution in [2.75, 3.05) is 13.2 Å². The van der Waals surface area contributed by atoms with Crippen molar-refractivity contribution < 1.29 is 14.3 Å². The highest BCUT2D eigenvalue weighted by Crippen LogP contribution is 2.31. The van der Waals surface area contributed by atoms with E-state index in [1.54, 1.807) is 12.3 Å². The van der Waals surface area contributed by atoms with Crippen molar-refractivity contribution in [2.24, 2.45) is 5.73 Å². The minimum absolute atomic E-state index is 0. The van der Waals surface area contributed by atoms with E-state index >= 15 is 0 Å².